The van der Waals surface area contributed by atoms with E-state index in [2.05, 4.69) is 16.4 Å². The van der Waals surface area contributed by atoms with Crippen LogP contribution >= 0.6 is 11.8 Å². The minimum atomic E-state index is -0.238. The fraction of sp³-hybridized carbons (Fsp3) is 0.412. The van der Waals surface area contributed by atoms with Gasteiger partial charge in [-0.25, -0.2) is 0 Å². The van der Waals surface area contributed by atoms with Crippen molar-refractivity contribution in [3.05, 3.63) is 42.1 Å². The number of hydrogen-bond donors (Lipinski definition) is 2. The van der Waals surface area contributed by atoms with Crippen LogP contribution in [0.2, 0.25) is 0 Å². The van der Waals surface area contributed by atoms with E-state index >= 15 is 0 Å². The average molecular weight is 316 g/mol. The highest BCUT2D eigenvalue weighted by Crippen LogP contribution is 2.38. The summed E-state index contributed by atoms with van der Waals surface area (Å²) in [4.78, 5) is 16.5. The lowest BCUT2D eigenvalue weighted by Gasteiger charge is -2.38. The number of aliphatic hydroxyl groups excluding tert-OH is 1. The number of pyridine rings is 1. The molecule has 116 valence electrons. The molecule has 0 radical (unpaired) electrons. The topological polar surface area (TPSA) is 62.2 Å². The Kier molecular flexibility index (Phi) is 4.64. The number of nitrogens with zero attached hydrogens (tertiary/aromatic N) is 1. The maximum Gasteiger partial charge on any atom is 0.230 e. The van der Waals surface area contributed by atoms with Crippen LogP contribution in [0.5, 0.6) is 0 Å². The number of carbonyl (C=O) groups excluding carboxylic acids is 1. The number of amides is 1. The van der Waals surface area contributed by atoms with Crippen molar-refractivity contribution in [1.29, 1.82) is 0 Å². The summed E-state index contributed by atoms with van der Waals surface area (Å²) in [5, 5.41) is 13.8. The van der Waals surface area contributed by atoms with Crippen LogP contribution in [-0.4, -0.2) is 34.1 Å². The first-order chi connectivity index (χ1) is 10.7. The molecule has 1 atom stereocenters. The summed E-state index contributed by atoms with van der Waals surface area (Å²) in [5.41, 5.74) is 1.97. The number of thioether (sulfide) groups is 1. The summed E-state index contributed by atoms with van der Waals surface area (Å²) in [5.74, 6) is 0.767. The lowest BCUT2D eigenvalue weighted by atomic mass is 9.75. The van der Waals surface area contributed by atoms with Gasteiger partial charge < -0.3 is 10.4 Å². The standard InChI is InChI=1S/C17H20N2O2S/c1-22-10-16(21)19-17(12-7-14(20)8-12)13-6-11-4-2-3-5-15(11)18-9-13/h2-6,9,12,14,17,20H,7-8,10H2,1H3,(H,19,21)/t12?,14?,17-/m1/s1. The molecule has 1 amide bonds. The third-order valence-corrected chi connectivity index (χ3v) is 4.73. The van der Waals surface area contributed by atoms with Gasteiger partial charge >= 0.3 is 0 Å². The summed E-state index contributed by atoms with van der Waals surface area (Å²) < 4.78 is 0. The first-order valence-electron chi connectivity index (χ1n) is 7.48. The largest absolute Gasteiger partial charge is 0.393 e. The predicted octanol–water partition coefficient (Wildman–Crippen LogP) is 2.53. The molecule has 2 aromatic rings. The molecule has 1 heterocycles. The van der Waals surface area contributed by atoms with Gasteiger partial charge in [0.15, 0.2) is 0 Å². The number of carbonyl (C=O) groups is 1. The van der Waals surface area contributed by atoms with E-state index < -0.39 is 0 Å². The Bertz CT molecular complexity index is 671. The van der Waals surface area contributed by atoms with E-state index in [4.69, 9.17) is 0 Å². The van der Waals surface area contributed by atoms with Gasteiger partial charge in [-0.3, -0.25) is 9.78 Å². The minimum Gasteiger partial charge on any atom is -0.393 e. The number of fused-ring (bicyclic) bond motifs is 1. The zero-order valence-corrected chi connectivity index (χ0v) is 13.3. The molecule has 1 aromatic heterocycles. The number of aromatic nitrogens is 1. The Morgan fingerprint density at radius 3 is 2.95 bits per heavy atom. The molecule has 0 aliphatic heterocycles. The van der Waals surface area contributed by atoms with E-state index in [0.717, 1.165) is 29.3 Å². The van der Waals surface area contributed by atoms with Gasteiger partial charge in [0, 0.05) is 11.6 Å². The normalized spacial score (nSPS) is 22.1. The summed E-state index contributed by atoms with van der Waals surface area (Å²) >= 11 is 1.51. The van der Waals surface area contributed by atoms with Crippen LogP contribution in [0.25, 0.3) is 10.9 Å². The SMILES string of the molecule is CSCC(=O)N[C@@H](c1cnc2ccccc2c1)C1CC(O)C1. The van der Waals surface area contributed by atoms with E-state index in [1.807, 2.05) is 36.7 Å². The molecular formula is C17H20N2O2S. The molecule has 1 aromatic carbocycles. The summed E-state index contributed by atoms with van der Waals surface area (Å²) in [6.07, 6.45) is 4.99. The molecule has 2 N–H and O–H groups in total. The molecule has 0 saturated heterocycles. The number of benzene rings is 1. The summed E-state index contributed by atoms with van der Waals surface area (Å²) in [6.45, 7) is 0. The maximum absolute atomic E-state index is 12.0. The van der Waals surface area contributed by atoms with Gasteiger partial charge in [-0.1, -0.05) is 18.2 Å². The van der Waals surface area contributed by atoms with Crippen molar-refractivity contribution in [2.75, 3.05) is 12.0 Å². The lowest BCUT2D eigenvalue weighted by molar-refractivity contribution is -0.120. The van der Waals surface area contributed by atoms with Crippen LogP contribution in [0.3, 0.4) is 0 Å². The molecule has 5 heteroatoms. The average Bonchev–Trinajstić information content (AvgIpc) is 2.50. The van der Waals surface area contributed by atoms with Crippen molar-refractivity contribution in [2.24, 2.45) is 5.92 Å². The van der Waals surface area contributed by atoms with Gasteiger partial charge in [0.05, 0.1) is 23.4 Å². The summed E-state index contributed by atoms with van der Waals surface area (Å²) in [6, 6.07) is 9.99. The number of aliphatic hydroxyl groups is 1. The zero-order valence-electron chi connectivity index (χ0n) is 12.5. The molecule has 22 heavy (non-hydrogen) atoms. The molecule has 0 bridgehead atoms. The number of nitrogens with one attached hydrogen (secondary N) is 1. The van der Waals surface area contributed by atoms with Crippen LogP contribution in [0, 0.1) is 5.92 Å². The van der Waals surface area contributed by atoms with E-state index in [0.29, 0.717) is 5.75 Å². The van der Waals surface area contributed by atoms with E-state index in [9.17, 15) is 9.90 Å². The highest BCUT2D eigenvalue weighted by molar-refractivity contribution is 7.99. The van der Waals surface area contributed by atoms with Gasteiger partial charge in [0.2, 0.25) is 5.91 Å². The molecule has 1 saturated carbocycles. The first-order valence-corrected chi connectivity index (χ1v) is 8.88. The van der Waals surface area contributed by atoms with Crippen LogP contribution < -0.4 is 5.32 Å². The molecular weight excluding hydrogens is 296 g/mol. The maximum atomic E-state index is 12.0. The van der Waals surface area contributed by atoms with Crippen molar-refractivity contribution < 1.29 is 9.90 Å². The van der Waals surface area contributed by atoms with E-state index in [1.165, 1.54) is 11.8 Å². The third-order valence-electron chi connectivity index (χ3n) is 4.18. The minimum absolute atomic E-state index is 0.0343. The van der Waals surface area contributed by atoms with Crippen LogP contribution in [0.4, 0.5) is 0 Å². The Morgan fingerprint density at radius 2 is 2.23 bits per heavy atom. The monoisotopic (exact) mass is 316 g/mol. The van der Waals surface area contributed by atoms with Gasteiger partial charge in [-0.15, -0.1) is 0 Å². The van der Waals surface area contributed by atoms with Crippen molar-refractivity contribution in [1.82, 2.24) is 10.3 Å². The van der Waals surface area contributed by atoms with Crippen LogP contribution in [0.15, 0.2) is 36.5 Å². The molecule has 4 nitrogen and oxygen atoms in total. The highest BCUT2D eigenvalue weighted by atomic mass is 32.2. The number of hydrogen-bond acceptors (Lipinski definition) is 4. The van der Waals surface area contributed by atoms with Gasteiger partial charge in [0.25, 0.3) is 0 Å². The van der Waals surface area contributed by atoms with E-state index in [1.54, 1.807) is 0 Å². The van der Waals surface area contributed by atoms with Crippen molar-refractivity contribution in [2.45, 2.75) is 25.0 Å². The van der Waals surface area contributed by atoms with Crippen molar-refractivity contribution in [3.8, 4) is 0 Å². The molecule has 0 spiro atoms. The van der Waals surface area contributed by atoms with Gasteiger partial charge in [-0.2, -0.15) is 11.8 Å². The second-order valence-corrected chi connectivity index (χ2v) is 6.69. The second kappa shape index (κ2) is 6.67. The molecule has 1 aliphatic carbocycles. The van der Waals surface area contributed by atoms with Gasteiger partial charge in [-0.05, 0) is 42.7 Å². The molecule has 3 rings (SSSR count). The summed E-state index contributed by atoms with van der Waals surface area (Å²) in [7, 11) is 0. The molecule has 1 fully saturated rings. The Morgan fingerprint density at radius 1 is 1.45 bits per heavy atom. The van der Waals surface area contributed by atoms with Crippen molar-refractivity contribution >= 4 is 28.6 Å². The Balaban J connectivity index is 1.87. The first kappa shape index (κ1) is 15.3. The smallest absolute Gasteiger partial charge is 0.230 e. The Labute approximate surface area is 134 Å². The van der Waals surface area contributed by atoms with Crippen LogP contribution in [0.1, 0.15) is 24.4 Å². The zero-order chi connectivity index (χ0) is 15.5. The quantitative estimate of drug-likeness (QED) is 0.890. The van der Waals surface area contributed by atoms with E-state index in [-0.39, 0.29) is 24.0 Å². The fourth-order valence-electron chi connectivity index (χ4n) is 2.98. The third kappa shape index (κ3) is 3.25. The van der Waals surface area contributed by atoms with Crippen LogP contribution in [-0.2, 0) is 4.79 Å². The number of para-hydroxylation sites is 1. The number of rotatable bonds is 5. The fourth-order valence-corrected chi connectivity index (χ4v) is 3.33. The van der Waals surface area contributed by atoms with Gasteiger partial charge in [0.1, 0.15) is 0 Å². The van der Waals surface area contributed by atoms with Crippen molar-refractivity contribution in [3.63, 3.8) is 0 Å². The molecule has 0 unspecified atom stereocenters. The molecule has 1 aliphatic rings. The Hall–Kier alpha value is -1.59. The highest BCUT2D eigenvalue weighted by Gasteiger charge is 2.35. The predicted molar refractivity (Wildman–Crippen MR) is 89.7 cm³/mol. The lowest BCUT2D eigenvalue weighted by Crippen LogP contribution is -2.42. The second-order valence-electron chi connectivity index (χ2n) is 5.82.